The van der Waals surface area contributed by atoms with Crippen LogP contribution in [0.5, 0.6) is 5.75 Å². The molecule has 1 saturated heterocycles. The molecule has 1 unspecified atom stereocenters. The first-order chi connectivity index (χ1) is 16.6. The van der Waals surface area contributed by atoms with Crippen LogP contribution in [-0.4, -0.2) is 36.1 Å². The molecule has 8 nitrogen and oxygen atoms in total. The van der Waals surface area contributed by atoms with Crippen molar-refractivity contribution < 1.29 is 9.53 Å². The van der Waals surface area contributed by atoms with Crippen LogP contribution in [0.1, 0.15) is 37.7 Å². The van der Waals surface area contributed by atoms with Gasteiger partial charge in [0.25, 0.3) is 0 Å². The van der Waals surface area contributed by atoms with Crippen LogP contribution in [-0.2, 0) is 4.79 Å². The van der Waals surface area contributed by atoms with Gasteiger partial charge in [-0.15, -0.1) is 0 Å². The van der Waals surface area contributed by atoms with Crippen LogP contribution in [0.3, 0.4) is 0 Å². The van der Waals surface area contributed by atoms with E-state index in [1.54, 1.807) is 7.11 Å². The Bertz CT molecular complexity index is 1150. The summed E-state index contributed by atoms with van der Waals surface area (Å²) in [5.41, 5.74) is 3.46. The van der Waals surface area contributed by atoms with Gasteiger partial charge >= 0.3 is 0 Å². The standard InChI is InChI=1S/C25H29ClN6O2/c1-3-23(33)29-18-7-4-8-19(13-18)30-25-28-15-20(26)24(32-25)31-21-10-9-16(12-22(21)34-2)17-6-5-11-27-14-17/h4,7-10,12-13,15,17,27H,3,5-6,11,14H2,1-2H3,(H,29,33)(H2,28,30,31,32). The van der Waals surface area contributed by atoms with Crippen molar-refractivity contribution in [3.8, 4) is 5.75 Å². The first kappa shape index (κ1) is 23.8. The molecular weight excluding hydrogens is 452 g/mol. The number of rotatable bonds is 8. The van der Waals surface area contributed by atoms with Crippen LogP contribution >= 0.6 is 11.6 Å². The van der Waals surface area contributed by atoms with Gasteiger partial charge in [0.2, 0.25) is 11.9 Å². The molecule has 2 heterocycles. The number of carbonyl (C=O) groups excluding carboxylic acids is 1. The van der Waals surface area contributed by atoms with Gasteiger partial charge in [-0.25, -0.2) is 4.98 Å². The minimum Gasteiger partial charge on any atom is -0.495 e. The zero-order valence-electron chi connectivity index (χ0n) is 19.3. The molecule has 0 spiro atoms. The predicted octanol–water partition coefficient (Wildman–Crippen LogP) is 5.44. The quantitative estimate of drug-likeness (QED) is 0.340. The zero-order valence-corrected chi connectivity index (χ0v) is 20.1. The van der Waals surface area contributed by atoms with Crippen LogP contribution in [0.15, 0.2) is 48.7 Å². The second-order valence-electron chi connectivity index (χ2n) is 8.13. The van der Waals surface area contributed by atoms with Crippen molar-refractivity contribution in [3.05, 3.63) is 59.2 Å². The Balaban J connectivity index is 1.51. The van der Waals surface area contributed by atoms with Gasteiger partial charge in [0.1, 0.15) is 10.8 Å². The molecule has 0 bridgehead atoms. The number of piperidine rings is 1. The SMILES string of the molecule is CCC(=O)Nc1cccc(Nc2ncc(Cl)c(Nc3ccc(C4CCCNC4)cc3OC)n2)c1. The van der Waals surface area contributed by atoms with Gasteiger partial charge in [0, 0.05) is 24.3 Å². The molecule has 34 heavy (non-hydrogen) atoms. The number of halogens is 1. The zero-order chi connectivity index (χ0) is 23.9. The Morgan fingerprint density at radius 3 is 2.82 bits per heavy atom. The average molecular weight is 481 g/mol. The monoisotopic (exact) mass is 480 g/mol. The molecule has 0 aliphatic carbocycles. The molecule has 4 N–H and O–H groups in total. The van der Waals surface area contributed by atoms with Gasteiger partial charge in [-0.1, -0.05) is 30.7 Å². The van der Waals surface area contributed by atoms with Crippen molar-refractivity contribution in [1.82, 2.24) is 15.3 Å². The highest BCUT2D eigenvalue weighted by Gasteiger charge is 2.17. The van der Waals surface area contributed by atoms with E-state index in [1.165, 1.54) is 24.6 Å². The minimum atomic E-state index is -0.0499. The highest BCUT2D eigenvalue weighted by Crippen LogP contribution is 2.34. The smallest absolute Gasteiger partial charge is 0.229 e. The molecule has 0 radical (unpaired) electrons. The fourth-order valence-electron chi connectivity index (χ4n) is 3.90. The average Bonchev–Trinajstić information content (AvgIpc) is 2.87. The molecule has 1 aliphatic heterocycles. The van der Waals surface area contributed by atoms with Gasteiger partial charge in [0.05, 0.1) is 19.0 Å². The molecule has 178 valence electrons. The topological polar surface area (TPSA) is 100 Å². The summed E-state index contributed by atoms with van der Waals surface area (Å²) in [5, 5.41) is 13.1. The number of nitrogens with zero attached hydrogens (tertiary/aromatic N) is 2. The maximum Gasteiger partial charge on any atom is 0.229 e. The third-order valence-corrected chi connectivity index (χ3v) is 5.99. The van der Waals surface area contributed by atoms with E-state index in [9.17, 15) is 4.79 Å². The van der Waals surface area contributed by atoms with E-state index in [0.717, 1.165) is 30.2 Å². The van der Waals surface area contributed by atoms with Crippen molar-refractivity contribution >= 4 is 46.3 Å². The van der Waals surface area contributed by atoms with Crippen molar-refractivity contribution in [2.24, 2.45) is 0 Å². The molecule has 1 amide bonds. The normalized spacial score (nSPS) is 15.4. The molecule has 1 fully saturated rings. The van der Waals surface area contributed by atoms with Crippen molar-refractivity contribution in [3.63, 3.8) is 0 Å². The number of ether oxygens (including phenoxy) is 1. The summed E-state index contributed by atoms with van der Waals surface area (Å²) in [6.07, 6.45) is 4.29. The van der Waals surface area contributed by atoms with Crippen molar-refractivity contribution in [2.75, 3.05) is 36.1 Å². The number of carbonyl (C=O) groups is 1. The third-order valence-electron chi connectivity index (χ3n) is 5.71. The Kier molecular flexibility index (Phi) is 7.82. The van der Waals surface area contributed by atoms with Gasteiger partial charge in [-0.3, -0.25) is 4.79 Å². The molecule has 9 heteroatoms. The molecule has 1 aromatic heterocycles. The third kappa shape index (κ3) is 5.95. The second kappa shape index (κ2) is 11.2. The summed E-state index contributed by atoms with van der Waals surface area (Å²) in [6.45, 7) is 3.86. The van der Waals surface area contributed by atoms with E-state index in [0.29, 0.717) is 34.8 Å². The van der Waals surface area contributed by atoms with Crippen LogP contribution in [0.25, 0.3) is 0 Å². The Hall–Kier alpha value is -3.36. The molecular formula is C25H29ClN6O2. The van der Waals surface area contributed by atoms with Gasteiger partial charge in [-0.05, 0) is 61.2 Å². The first-order valence-corrected chi connectivity index (χ1v) is 11.8. The van der Waals surface area contributed by atoms with Crippen LogP contribution in [0.4, 0.5) is 28.8 Å². The molecule has 1 atom stereocenters. The fraction of sp³-hybridized carbons (Fsp3) is 0.320. The van der Waals surface area contributed by atoms with Gasteiger partial charge < -0.3 is 26.0 Å². The molecule has 3 aromatic rings. The Morgan fingerprint density at radius 2 is 2.06 bits per heavy atom. The Labute approximate surface area is 204 Å². The Morgan fingerprint density at radius 1 is 1.21 bits per heavy atom. The maximum absolute atomic E-state index is 11.7. The van der Waals surface area contributed by atoms with Gasteiger partial charge in [0.15, 0.2) is 5.82 Å². The van der Waals surface area contributed by atoms with E-state index >= 15 is 0 Å². The van der Waals surface area contributed by atoms with Crippen LogP contribution in [0, 0.1) is 0 Å². The number of benzene rings is 2. The largest absolute Gasteiger partial charge is 0.495 e. The number of methoxy groups -OCH3 is 1. The molecule has 0 saturated carbocycles. The lowest BCUT2D eigenvalue weighted by Gasteiger charge is -2.24. The summed E-state index contributed by atoms with van der Waals surface area (Å²) in [5.74, 6) is 1.99. The lowest BCUT2D eigenvalue weighted by atomic mass is 9.91. The predicted molar refractivity (Wildman–Crippen MR) is 137 cm³/mol. The van der Waals surface area contributed by atoms with Crippen LogP contribution < -0.4 is 26.0 Å². The summed E-state index contributed by atoms with van der Waals surface area (Å²) < 4.78 is 5.65. The maximum atomic E-state index is 11.7. The summed E-state index contributed by atoms with van der Waals surface area (Å²) in [6, 6.07) is 13.5. The highest BCUT2D eigenvalue weighted by molar-refractivity contribution is 6.32. The van der Waals surface area contributed by atoms with E-state index in [1.807, 2.05) is 37.3 Å². The molecule has 1 aliphatic rings. The highest BCUT2D eigenvalue weighted by atomic mass is 35.5. The number of hydrogen-bond donors (Lipinski definition) is 4. The number of anilines is 5. The number of aromatic nitrogens is 2. The molecule has 2 aromatic carbocycles. The lowest BCUT2D eigenvalue weighted by molar-refractivity contribution is -0.115. The summed E-state index contributed by atoms with van der Waals surface area (Å²) in [4.78, 5) is 20.5. The number of nitrogens with one attached hydrogen (secondary N) is 4. The van der Waals surface area contributed by atoms with Crippen molar-refractivity contribution in [2.45, 2.75) is 32.1 Å². The van der Waals surface area contributed by atoms with Crippen LogP contribution in [0.2, 0.25) is 5.02 Å². The van der Waals surface area contributed by atoms with Crippen molar-refractivity contribution in [1.29, 1.82) is 0 Å². The number of amides is 1. The summed E-state index contributed by atoms with van der Waals surface area (Å²) >= 11 is 6.38. The molecule has 4 rings (SSSR count). The number of hydrogen-bond acceptors (Lipinski definition) is 7. The van der Waals surface area contributed by atoms with E-state index < -0.39 is 0 Å². The van der Waals surface area contributed by atoms with E-state index in [-0.39, 0.29) is 5.91 Å². The second-order valence-corrected chi connectivity index (χ2v) is 8.53. The first-order valence-electron chi connectivity index (χ1n) is 11.4. The van der Waals surface area contributed by atoms with E-state index in [4.69, 9.17) is 16.3 Å². The lowest BCUT2D eigenvalue weighted by Crippen LogP contribution is -2.28. The fourth-order valence-corrected chi connectivity index (χ4v) is 4.04. The van der Waals surface area contributed by atoms with E-state index in [2.05, 4.69) is 43.4 Å². The van der Waals surface area contributed by atoms with Gasteiger partial charge in [-0.2, -0.15) is 4.98 Å². The minimum absolute atomic E-state index is 0.0499. The summed E-state index contributed by atoms with van der Waals surface area (Å²) in [7, 11) is 1.66.